The summed E-state index contributed by atoms with van der Waals surface area (Å²) in [6, 6.07) is 12.9. The fourth-order valence-electron chi connectivity index (χ4n) is 3.33. The van der Waals surface area contributed by atoms with Crippen molar-refractivity contribution in [3.05, 3.63) is 71.4 Å². The molecular formula is C26H23F3N2O3S. The highest BCUT2D eigenvalue weighted by molar-refractivity contribution is 7.99. The molecule has 2 heterocycles. The van der Waals surface area contributed by atoms with Crippen LogP contribution in [0.1, 0.15) is 16.7 Å². The van der Waals surface area contributed by atoms with E-state index >= 15 is 0 Å². The summed E-state index contributed by atoms with van der Waals surface area (Å²) < 4.78 is 49.7. The number of ether oxygens (including phenoxy) is 2. The van der Waals surface area contributed by atoms with Crippen molar-refractivity contribution < 1.29 is 27.8 Å². The van der Waals surface area contributed by atoms with Crippen molar-refractivity contribution in [1.82, 2.24) is 9.88 Å². The monoisotopic (exact) mass is 500 g/mol. The number of alkyl halides is 3. The van der Waals surface area contributed by atoms with Gasteiger partial charge in [0.1, 0.15) is 11.5 Å². The van der Waals surface area contributed by atoms with E-state index in [4.69, 9.17) is 9.47 Å². The quantitative estimate of drug-likeness (QED) is 0.451. The van der Waals surface area contributed by atoms with Crippen LogP contribution in [0.3, 0.4) is 0 Å². The maximum atomic E-state index is 12.8. The van der Waals surface area contributed by atoms with Crippen molar-refractivity contribution in [3.8, 4) is 29.2 Å². The molecule has 0 bridgehead atoms. The average molecular weight is 501 g/mol. The van der Waals surface area contributed by atoms with E-state index in [0.29, 0.717) is 31.1 Å². The third-order valence-corrected chi connectivity index (χ3v) is 6.17. The predicted molar refractivity (Wildman–Crippen MR) is 127 cm³/mol. The van der Waals surface area contributed by atoms with Crippen LogP contribution in [0, 0.1) is 18.8 Å². The molecule has 4 rings (SSSR count). The first-order chi connectivity index (χ1) is 16.8. The zero-order valence-corrected chi connectivity index (χ0v) is 19.7. The molecule has 1 aliphatic rings. The number of benzene rings is 2. The molecule has 1 aromatic heterocycles. The smallest absolute Gasteiger partial charge is 0.417 e. The van der Waals surface area contributed by atoms with E-state index in [-0.39, 0.29) is 11.6 Å². The molecule has 0 unspecified atom stereocenters. The molecule has 1 saturated heterocycles. The Labute approximate surface area is 205 Å². The molecule has 182 valence electrons. The van der Waals surface area contributed by atoms with Gasteiger partial charge in [0.2, 0.25) is 5.88 Å². The van der Waals surface area contributed by atoms with Gasteiger partial charge in [-0.05, 0) is 55.0 Å². The van der Waals surface area contributed by atoms with Crippen molar-refractivity contribution in [2.45, 2.75) is 22.9 Å². The fourth-order valence-corrected chi connectivity index (χ4v) is 4.34. The van der Waals surface area contributed by atoms with Gasteiger partial charge >= 0.3 is 6.18 Å². The van der Waals surface area contributed by atoms with Gasteiger partial charge in [0.25, 0.3) is 0 Å². The first-order valence-electron chi connectivity index (χ1n) is 10.9. The van der Waals surface area contributed by atoms with E-state index in [9.17, 15) is 18.3 Å². The van der Waals surface area contributed by atoms with E-state index in [2.05, 4.69) is 21.7 Å². The molecule has 0 spiro atoms. The lowest BCUT2D eigenvalue weighted by molar-refractivity contribution is -0.137. The van der Waals surface area contributed by atoms with Gasteiger partial charge in [0, 0.05) is 40.7 Å². The van der Waals surface area contributed by atoms with E-state index in [1.165, 1.54) is 17.8 Å². The van der Waals surface area contributed by atoms with E-state index < -0.39 is 11.7 Å². The number of hydrogen-bond donors (Lipinski definition) is 1. The summed E-state index contributed by atoms with van der Waals surface area (Å²) in [7, 11) is 0. The van der Waals surface area contributed by atoms with E-state index in [1.807, 2.05) is 25.1 Å². The minimum absolute atomic E-state index is 0.0489. The maximum Gasteiger partial charge on any atom is 0.417 e. The molecule has 1 fully saturated rings. The molecule has 3 aromatic rings. The molecule has 9 heteroatoms. The summed E-state index contributed by atoms with van der Waals surface area (Å²) in [4.78, 5) is 7.75. The second-order valence-corrected chi connectivity index (χ2v) is 9.07. The Hall–Kier alpha value is -3.19. The van der Waals surface area contributed by atoms with Gasteiger partial charge in [-0.25, -0.2) is 4.98 Å². The second kappa shape index (κ2) is 11.0. The van der Waals surface area contributed by atoms with Gasteiger partial charge in [-0.15, -0.1) is 0 Å². The normalized spacial score (nSPS) is 14.3. The molecular weight excluding hydrogens is 477 g/mol. The summed E-state index contributed by atoms with van der Waals surface area (Å²) in [5.41, 5.74) is 0.620. The van der Waals surface area contributed by atoms with Crippen LogP contribution in [0.15, 0.2) is 64.5 Å². The van der Waals surface area contributed by atoms with E-state index in [1.54, 1.807) is 18.2 Å². The van der Waals surface area contributed by atoms with Crippen LogP contribution in [-0.4, -0.2) is 47.8 Å². The van der Waals surface area contributed by atoms with Crippen LogP contribution in [0.2, 0.25) is 0 Å². The third-order valence-electron chi connectivity index (χ3n) is 5.21. The standard InChI is InChI=1S/C26H23F3N2O3S/c1-18-13-22(5-6-24(18)32)35-23-15-19(3-2-8-31-9-11-33-12-10-31)14-21(16-23)34-25-7-4-20(17-30-25)26(27,28)29/h4-7,13-17,32H,8-12H2,1H3. The summed E-state index contributed by atoms with van der Waals surface area (Å²) in [5.74, 6) is 7.01. The molecule has 2 aromatic carbocycles. The summed E-state index contributed by atoms with van der Waals surface area (Å²) in [5, 5.41) is 9.80. The number of rotatable bonds is 5. The first-order valence-corrected chi connectivity index (χ1v) is 11.7. The molecule has 1 N–H and O–H groups in total. The lowest BCUT2D eigenvalue weighted by atomic mass is 10.2. The highest BCUT2D eigenvalue weighted by Crippen LogP contribution is 2.35. The van der Waals surface area contributed by atoms with Gasteiger partial charge in [0.15, 0.2) is 0 Å². The molecule has 5 nitrogen and oxygen atoms in total. The molecule has 35 heavy (non-hydrogen) atoms. The maximum absolute atomic E-state index is 12.8. The highest BCUT2D eigenvalue weighted by atomic mass is 32.2. The number of phenolic OH excluding ortho intramolecular Hbond substituents is 1. The lowest BCUT2D eigenvalue weighted by Gasteiger charge is -2.24. The van der Waals surface area contributed by atoms with Crippen LogP contribution in [0.5, 0.6) is 17.4 Å². The van der Waals surface area contributed by atoms with Crippen molar-refractivity contribution in [2.24, 2.45) is 0 Å². The number of halogens is 3. The number of aromatic nitrogens is 1. The Morgan fingerprint density at radius 1 is 1.09 bits per heavy atom. The second-order valence-electron chi connectivity index (χ2n) is 7.92. The van der Waals surface area contributed by atoms with Crippen LogP contribution in [0.4, 0.5) is 13.2 Å². The van der Waals surface area contributed by atoms with Gasteiger partial charge < -0.3 is 14.6 Å². The van der Waals surface area contributed by atoms with Crippen LogP contribution >= 0.6 is 11.8 Å². The van der Waals surface area contributed by atoms with Gasteiger partial charge in [-0.1, -0.05) is 23.6 Å². The Kier molecular flexibility index (Phi) is 7.86. The zero-order valence-electron chi connectivity index (χ0n) is 18.9. The molecule has 0 radical (unpaired) electrons. The van der Waals surface area contributed by atoms with Gasteiger partial charge in [-0.3, -0.25) is 4.90 Å². The lowest BCUT2D eigenvalue weighted by Crippen LogP contribution is -2.36. The number of hydrogen-bond acceptors (Lipinski definition) is 6. The first kappa shape index (κ1) is 24.9. The predicted octanol–water partition coefficient (Wildman–Crippen LogP) is 5.74. The van der Waals surface area contributed by atoms with Crippen LogP contribution in [-0.2, 0) is 10.9 Å². The Morgan fingerprint density at radius 2 is 1.89 bits per heavy atom. The van der Waals surface area contributed by atoms with Crippen molar-refractivity contribution in [1.29, 1.82) is 0 Å². The number of aryl methyl sites for hydroxylation is 1. The molecule has 0 amide bonds. The minimum Gasteiger partial charge on any atom is -0.508 e. The summed E-state index contributed by atoms with van der Waals surface area (Å²) in [6.07, 6.45) is -3.72. The number of pyridine rings is 1. The Balaban J connectivity index is 1.58. The topological polar surface area (TPSA) is 54.8 Å². The SMILES string of the molecule is Cc1cc(Sc2cc(C#CCN3CCOCC3)cc(Oc3ccc(C(F)(F)F)cn3)c2)ccc1O. The molecule has 0 saturated carbocycles. The van der Waals surface area contributed by atoms with Crippen LogP contribution in [0.25, 0.3) is 0 Å². The molecule has 0 atom stereocenters. The highest BCUT2D eigenvalue weighted by Gasteiger charge is 2.30. The minimum atomic E-state index is -4.46. The third kappa shape index (κ3) is 7.15. The van der Waals surface area contributed by atoms with Gasteiger partial charge in [0.05, 0.1) is 25.3 Å². The van der Waals surface area contributed by atoms with Gasteiger partial charge in [-0.2, -0.15) is 13.2 Å². The Bertz CT molecular complexity index is 1230. The number of morpholine rings is 1. The fraction of sp³-hybridized carbons (Fsp3) is 0.269. The number of phenols is 1. The van der Waals surface area contributed by atoms with E-state index in [0.717, 1.165) is 40.7 Å². The Morgan fingerprint density at radius 3 is 2.57 bits per heavy atom. The van der Waals surface area contributed by atoms with Crippen molar-refractivity contribution in [3.63, 3.8) is 0 Å². The molecule has 0 aliphatic carbocycles. The van der Waals surface area contributed by atoms with Crippen molar-refractivity contribution >= 4 is 11.8 Å². The zero-order chi connectivity index (χ0) is 24.8. The molecule has 1 aliphatic heterocycles. The largest absolute Gasteiger partial charge is 0.508 e. The number of aromatic hydroxyl groups is 1. The number of nitrogens with zero attached hydrogens (tertiary/aromatic N) is 2. The summed E-state index contributed by atoms with van der Waals surface area (Å²) >= 11 is 1.46. The summed E-state index contributed by atoms with van der Waals surface area (Å²) in [6.45, 7) is 5.47. The average Bonchev–Trinajstić information content (AvgIpc) is 2.82. The van der Waals surface area contributed by atoms with Crippen molar-refractivity contribution in [2.75, 3.05) is 32.8 Å². The van der Waals surface area contributed by atoms with Crippen LogP contribution < -0.4 is 4.74 Å².